The molecule has 2 aromatic carbocycles. The number of amides is 1. The zero-order valence-electron chi connectivity index (χ0n) is 25.5. The maximum atomic E-state index is 13.6. The highest BCUT2D eigenvalue weighted by atomic mass is 35.5. The molecule has 3 heterocycles. The second-order valence-corrected chi connectivity index (χ2v) is 12.6. The number of carbonyl (C=O) groups excluding carboxylic acids is 3. The predicted molar refractivity (Wildman–Crippen MR) is 171 cm³/mol. The van der Waals surface area contributed by atoms with E-state index in [0.29, 0.717) is 29.3 Å². The van der Waals surface area contributed by atoms with Gasteiger partial charge in [-0.05, 0) is 67.3 Å². The Kier molecular flexibility index (Phi) is 9.81. The van der Waals surface area contributed by atoms with Gasteiger partial charge in [0.2, 0.25) is 0 Å². The Hall–Kier alpha value is -4.00. The van der Waals surface area contributed by atoms with Crippen molar-refractivity contribution in [2.75, 3.05) is 56.2 Å². The van der Waals surface area contributed by atoms with Crippen LogP contribution in [-0.4, -0.2) is 80.5 Å². The molecule has 1 aliphatic carbocycles. The molecule has 2 fully saturated rings. The number of ketones is 1. The lowest BCUT2D eigenvalue weighted by molar-refractivity contribution is -0.148. The Morgan fingerprint density at radius 3 is 2.40 bits per heavy atom. The summed E-state index contributed by atoms with van der Waals surface area (Å²) in [4.78, 5) is 49.0. The van der Waals surface area contributed by atoms with E-state index in [2.05, 4.69) is 19.5 Å². The Morgan fingerprint density at radius 1 is 1.00 bits per heavy atom. The number of Topliss-reactive ketones (excluding diaryl/α,β-unsaturated/α-hetero) is 1. The van der Waals surface area contributed by atoms with Crippen molar-refractivity contribution in [3.05, 3.63) is 75.5 Å². The summed E-state index contributed by atoms with van der Waals surface area (Å²) in [6, 6.07) is 9.43. The van der Waals surface area contributed by atoms with Gasteiger partial charge in [0.25, 0.3) is 11.7 Å². The summed E-state index contributed by atoms with van der Waals surface area (Å²) in [7, 11) is 2.04. The lowest BCUT2D eigenvalue weighted by Crippen LogP contribution is -2.44. The summed E-state index contributed by atoms with van der Waals surface area (Å²) in [5, 5.41) is 0.458. The second-order valence-electron chi connectivity index (χ2n) is 11.8. The van der Waals surface area contributed by atoms with Crippen LogP contribution in [0.15, 0.2) is 48.8 Å². The molecular weight excluding hydrogens is 657 g/mol. The summed E-state index contributed by atoms with van der Waals surface area (Å²) in [5.74, 6) is -2.15. The van der Waals surface area contributed by atoms with Gasteiger partial charge in [0.1, 0.15) is 12.6 Å². The number of carbonyl (C=O) groups is 3. The second kappa shape index (κ2) is 14.0. The molecule has 0 unspecified atom stereocenters. The average molecular weight is 690 g/mol. The summed E-state index contributed by atoms with van der Waals surface area (Å²) < 4.78 is 42.8. The number of hydrogen-bond donors (Lipinski definition) is 0. The fourth-order valence-corrected chi connectivity index (χ4v) is 6.11. The van der Waals surface area contributed by atoms with Crippen LogP contribution in [0.5, 0.6) is 11.5 Å². The molecule has 0 bridgehead atoms. The molecule has 3 aromatic rings. The normalized spacial score (nSPS) is 17.2. The van der Waals surface area contributed by atoms with Crippen LogP contribution in [0.4, 0.5) is 20.2 Å². The van der Waals surface area contributed by atoms with Crippen LogP contribution in [0.2, 0.25) is 10.0 Å². The van der Waals surface area contributed by atoms with E-state index < -0.39 is 36.9 Å². The third kappa shape index (κ3) is 7.61. The first-order valence-electron chi connectivity index (χ1n) is 15.2. The monoisotopic (exact) mass is 688 g/mol. The number of likely N-dealkylation sites (N-methyl/N-ethyl adjacent to an activating group) is 1. The summed E-state index contributed by atoms with van der Waals surface area (Å²) in [5.41, 5.74) is 2.19. The molecule has 1 saturated carbocycles. The van der Waals surface area contributed by atoms with Crippen molar-refractivity contribution in [1.82, 2.24) is 9.88 Å². The first kappa shape index (κ1) is 32.9. The number of benzene rings is 2. The van der Waals surface area contributed by atoms with Gasteiger partial charge in [-0.25, -0.2) is 0 Å². The van der Waals surface area contributed by atoms with Gasteiger partial charge in [-0.1, -0.05) is 29.3 Å². The van der Waals surface area contributed by atoms with Gasteiger partial charge in [0.15, 0.2) is 11.5 Å². The van der Waals surface area contributed by atoms with Crippen molar-refractivity contribution >= 4 is 52.2 Å². The van der Waals surface area contributed by atoms with E-state index in [1.807, 2.05) is 7.05 Å². The molecule has 2 aliphatic heterocycles. The van der Waals surface area contributed by atoms with Crippen LogP contribution in [0, 0.1) is 5.92 Å². The van der Waals surface area contributed by atoms with Gasteiger partial charge in [-0.3, -0.25) is 24.3 Å². The molecule has 1 amide bonds. The average Bonchev–Trinajstić information content (AvgIpc) is 3.85. The van der Waals surface area contributed by atoms with Crippen molar-refractivity contribution in [3.63, 3.8) is 0 Å². The predicted octanol–water partition coefficient (Wildman–Crippen LogP) is 5.59. The molecule has 1 atom stereocenters. The van der Waals surface area contributed by atoms with Crippen molar-refractivity contribution in [1.29, 1.82) is 0 Å². The molecule has 248 valence electrons. The van der Waals surface area contributed by atoms with Crippen LogP contribution in [0.1, 0.15) is 40.4 Å². The first-order chi connectivity index (χ1) is 22.6. The smallest absolute Gasteiger partial charge is 0.387 e. The summed E-state index contributed by atoms with van der Waals surface area (Å²) in [6.45, 7) is -0.0388. The van der Waals surface area contributed by atoms with E-state index in [9.17, 15) is 23.2 Å². The van der Waals surface area contributed by atoms with Crippen LogP contribution >= 0.6 is 23.2 Å². The van der Waals surface area contributed by atoms with Crippen LogP contribution < -0.4 is 19.3 Å². The number of fused-ring (bicyclic) bond motifs is 1. The fourth-order valence-electron chi connectivity index (χ4n) is 5.60. The minimum absolute atomic E-state index is 0.0138. The van der Waals surface area contributed by atoms with Gasteiger partial charge in [0, 0.05) is 50.7 Å². The van der Waals surface area contributed by atoms with E-state index in [0.717, 1.165) is 49.6 Å². The zero-order valence-corrected chi connectivity index (χ0v) is 27.0. The third-order valence-electron chi connectivity index (χ3n) is 8.45. The minimum atomic E-state index is -3.08. The quantitative estimate of drug-likeness (QED) is 0.178. The molecule has 1 aromatic heterocycles. The van der Waals surface area contributed by atoms with Crippen LogP contribution in [-0.2, 0) is 20.7 Å². The number of alkyl halides is 2. The fraction of sp³-hybridized carbons (Fsp3) is 0.394. The molecule has 6 rings (SSSR count). The number of ether oxygens (including phenoxy) is 3. The molecule has 0 N–H and O–H groups in total. The highest BCUT2D eigenvalue weighted by Crippen LogP contribution is 2.39. The zero-order chi connectivity index (χ0) is 33.2. The Bertz CT molecular complexity index is 1660. The molecule has 0 spiro atoms. The maximum Gasteiger partial charge on any atom is 0.387 e. The maximum absolute atomic E-state index is 13.6. The number of hydrogen-bond acceptors (Lipinski definition) is 9. The Labute approximate surface area is 280 Å². The van der Waals surface area contributed by atoms with Crippen LogP contribution in [0.3, 0.4) is 0 Å². The van der Waals surface area contributed by atoms with Gasteiger partial charge in [-0.2, -0.15) is 8.78 Å². The van der Waals surface area contributed by atoms with Gasteiger partial charge in [0.05, 0.1) is 27.9 Å². The lowest BCUT2D eigenvalue weighted by atomic mass is 10.0. The van der Waals surface area contributed by atoms with E-state index in [1.165, 1.54) is 30.6 Å². The molecule has 47 heavy (non-hydrogen) atoms. The number of nitrogens with zero attached hydrogens (tertiary/aromatic N) is 4. The van der Waals surface area contributed by atoms with Crippen molar-refractivity contribution in [3.8, 4) is 11.5 Å². The van der Waals surface area contributed by atoms with E-state index >= 15 is 0 Å². The first-order valence-corrected chi connectivity index (χ1v) is 16.0. The minimum Gasteiger partial charge on any atom is -0.489 e. The molecule has 10 nitrogen and oxygen atoms in total. The van der Waals surface area contributed by atoms with Gasteiger partial charge >= 0.3 is 12.6 Å². The van der Waals surface area contributed by atoms with Gasteiger partial charge < -0.3 is 24.0 Å². The standard InChI is InChI=1S/C33H32Cl2F2N4O6/c1-39-8-10-40(11-9-39)21-5-6-22-26(13-21)41(32(44)31(22)43)17-30(42)46-28(14-23-24(34)15-38-16-25(23)35)20-4-7-27(47-33(36)37)29(12-20)45-18-19-2-3-19/h4-7,12-13,15-16,19,28,33H,2-3,8-11,14,17-18H2,1H3/t28-/m0/s1. The highest BCUT2D eigenvalue weighted by Gasteiger charge is 2.38. The van der Waals surface area contributed by atoms with Crippen molar-refractivity contribution in [2.24, 2.45) is 5.92 Å². The van der Waals surface area contributed by atoms with E-state index in [-0.39, 0.29) is 33.5 Å². The van der Waals surface area contributed by atoms with Crippen molar-refractivity contribution in [2.45, 2.75) is 32.0 Å². The Balaban J connectivity index is 1.27. The lowest BCUT2D eigenvalue weighted by Gasteiger charge is -2.34. The molecule has 1 saturated heterocycles. The number of piperazine rings is 1. The molecule has 0 radical (unpaired) electrons. The number of rotatable bonds is 12. The van der Waals surface area contributed by atoms with Crippen molar-refractivity contribution < 1.29 is 37.4 Å². The number of pyridine rings is 1. The Morgan fingerprint density at radius 2 is 1.72 bits per heavy atom. The molecule has 14 heteroatoms. The highest BCUT2D eigenvalue weighted by molar-refractivity contribution is 6.52. The summed E-state index contributed by atoms with van der Waals surface area (Å²) >= 11 is 12.8. The molecule has 3 aliphatic rings. The number of anilines is 2. The molecular formula is C33H32Cl2F2N4O6. The van der Waals surface area contributed by atoms with Crippen LogP contribution in [0.25, 0.3) is 0 Å². The SMILES string of the molecule is CN1CCN(c2ccc3c(c2)N(CC(=O)O[C@@H](Cc2c(Cl)cncc2Cl)c2ccc(OC(F)F)c(OCC4CC4)c2)C(=O)C3=O)CC1. The largest absolute Gasteiger partial charge is 0.489 e. The third-order valence-corrected chi connectivity index (χ3v) is 9.11. The number of esters is 1. The summed E-state index contributed by atoms with van der Waals surface area (Å²) in [6.07, 6.45) is 3.68. The van der Waals surface area contributed by atoms with E-state index in [1.54, 1.807) is 18.2 Å². The van der Waals surface area contributed by atoms with E-state index in [4.69, 9.17) is 32.7 Å². The van der Waals surface area contributed by atoms with Gasteiger partial charge in [-0.15, -0.1) is 0 Å². The number of halogens is 4. The number of aromatic nitrogens is 1. The topological polar surface area (TPSA) is 102 Å².